The number of aliphatic hydroxyl groups is 1. The maximum Gasteiger partial charge on any atom is 0.0785 e. The molecule has 0 aliphatic carbocycles. The fourth-order valence-corrected chi connectivity index (χ4v) is 1.89. The highest BCUT2D eigenvalue weighted by atomic mass is 16.5. The van der Waals surface area contributed by atoms with Gasteiger partial charge in [-0.25, -0.2) is 0 Å². The molecule has 0 aromatic heterocycles. The molecule has 0 heterocycles. The van der Waals surface area contributed by atoms with E-state index in [1.54, 1.807) is 0 Å². The van der Waals surface area contributed by atoms with Crippen LogP contribution in [0.3, 0.4) is 0 Å². The second kappa shape index (κ2) is 13.3. The summed E-state index contributed by atoms with van der Waals surface area (Å²) in [7, 11) is 0. The Hall–Kier alpha value is -0.120. The third-order valence-electron chi connectivity index (χ3n) is 2.97. The van der Waals surface area contributed by atoms with Gasteiger partial charge in [0.15, 0.2) is 0 Å². The molecule has 2 unspecified atom stereocenters. The van der Waals surface area contributed by atoms with Crippen molar-refractivity contribution in [1.29, 1.82) is 0 Å². The van der Waals surface area contributed by atoms with Gasteiger partial charge in [0.2, 0.25) is 0 Å². The van der Waals surface area contributed by atoms with E-state index in [0.717, 1.165) is 13.0 Å². The Labute approximate surface area is 113 Å². The summed E-state index contributed by atoms with van der Waals surface area (Å²) in [5.74, 6) is 0. The highest BCUT2D eigenvalue weighted by molar-refractivity contribution is 4.53. The summed E-state index contributed by atoms with van der Waals surface area (Å²) in [5.41, 5.74) is 0. The van der Waals surface area contributed by atoms with E-state index in [1.807, 2.05) is 13.8 Å². The second-order valence-electron chi connectivity index (χ2n) is 5.14. The summed E-state index contributed by atoms with van der Waals surface area (Å²) in [6.45, 7) is 7.62. The number of hydrogen-bond donors (Lipinski definition) is 1. The number of aliphatic hydroxyl groups excluding tert-OH is 1. The molecule has 0 amide bonds. The van der Waals surface area contributed by atoms with Crippen LogP contribution in [0.15, 0.2) is 0 Å². The Morgan fingerprint density at radius 1 is 0.889 bits per heavy atom. The molecule has 0 aromatic carbocycles. The van der Waals surface area contributed by atoms with Crippen LogP contribution in [-0.4, -0.2) is 37.1 Å². The summed E-state index contributed by atoms with van der Waals surface area (Å²) in [6.07, 6.45) is 9.14. The van der Waals surface area contributed by atoms with Crippen LogP contribution in [0.25, 0.3) is 0 Å². The molecule has 3 heteroatoms. The SMILES string of the molecule is CCCCCCCCCOCC(C)OC(C)CO. The maximum absolute atomic E-state index is 8.85. The summed E-state index contributed by atoms with van der Waals surface area (Å²) in [5, 5.41) is 8.85. The summed E-state index contributed by atoms with van der Waals surface area (Å²) in [4.78, 5) is 0. The van der Waals surface area contributed by atoms with Crippen molar-refractivity contribution < 1.29 is 14.6 Å². The largest absolute Gasteiger partial charge is 0.394 e. The van der Waals surface area contributed by atoms with Gasteiger partial charge in [-0.15, -0.1) is 0 Å². The molecular weight excluding hydrogens is 228 g/mol. The first-order valence-corrected chi connectivity index (χ1v) is 7.54. The average Bonchev–Trinajstić information content (AvgIpc) is 2.36. The van der Waals surface area contributed by atoms with Crippen molar-refractivity contribution in [2.45, 2.75) is 77.9 Å². The monoisotopic (exact) mass is 260 g/mol. The quantitative estimate of drug-likeness (QED) is 0.515. The van der Waals surface area contributed by atoms with Crippen molar-refractivity contribution in [1.82, 2.24) is 0 Å². The van der Waals surface area contributed by atoms with Gasteiger partial charge < -0.3 is 14.6 Å². The topological polar surface area (TPSA) is 38.7 Å². The van der Waals surface area contributed by atoms with E-state index in [9.17, 15) is 0 Å². The minimum absolute atomic E-state index is 0.0664. The smallest absolute Gasteiger partial charge is 0.0785 e. The molecule has 3 nitrogen and oxygen atoms in total. The van der Waals surface area contributed by atoms with Crippen molar-refractivity contribution in [3.63, 3.8) is 0 Å². The fraction of sp³-hybridized carbons (Fsp3) is 1.00. The van der Waals surface area contributed by atoms with Gasteiger partial charge in [0.05, 0.1) is 25.4 Å². The lowest BCUT2D eigenvalue weighted by Crippen LogP contribution is -2.24. The van der Waals surface area contributed by atoms with Gasteiger partial charge in [-0.05, 0) is 20.3 Å². The Morgan fingerprint density at radius 2 is 1.50 bits per heavy atom. The molecule has 0 saturated carbocycles. The van der Waals surface area contributed by atoms with E-state index >= 15 is 0 Å². The van der Waals surface area contributed by atoms with Crippen molar-refractivity contribution in [3.05, 3.63) is 0 Å². The number of unbranched alkanes of at least 4 members (excludes halogenated alkanes) is 6. The molecule has 0 aliphatic rings. The molecule has 0 rings (SSSR count). The third-order valence-corrected chi connectivity index (χ3v) is 2.97. The van der Waals surface area contributed by atoms with Crippen molar-refractivity contribution in [2.75, 3.05) is 19.8 Å². The van der Waals surface area contributed by atoms with Crippen LogP contribution in [0, 0.1) is 0 Å². The average molecular weight is 260 g/mol. The predicted molar refractivity (Wildman–Crippen MR) is 75.9 cm³/mol. The van der Waals surface area contributed by atoms with Crippen LogP contribution in [0.5, 0.6) is 0 Å². The molecule has 110 valence electrons. The number of ether oxygens (including phenoxy) is 2. The van der Waals surface area contributed by atoms with Crippen molar-refractivity contribution in [3.8, 4) is 0 Å². The highest BCUT2D eigenvalue weighted by Gasteiger charge is 2.07. The first kappa shape index (κ1) is 17.9. The summed E-state index contributed by atoms with van der Waals surface area (Å²) < 4.78 is 11.1. The molecule has 0 aliphatic heterocycles. The van der Waals surface area contributed by atoms with Gasteiger partial charge in [-0.2, -0.15) is 0 Å². The summed E-state index contributed by atoms with van der Waals surface area (Å²) in [6, 6.07) is 0. The lowest BCUT2D eigenvalue weighted by atomic mass is 10.1. The normalized spacial score (nSPS) is 14.7. The van der Waals surface area contributed by atoms with Crippen LogP contribution in [0.4, 0.5) is 0 Å². The zero-order chi connectivity index (χ0) is 13.6. The molecular formula is C15H32O3. The molecule has 0 saturated heterocycles. The molecule has 1 N–H and O–H groups in total. The van der Waals surface area contributed by atoms with E-state index in [4.69, 9.17) is 14.6 Å². The van der Waals surface area contributed by atoms with E-state index < -0.39 is 0 Å². The minimum Gasteiger partial charge on any atom is -0.394 e. The Kier molecular flexibility index (Phi) is 13.2. The highest BCUT2D eigenvalue weighted by Crippen LogP contribution is 2.07. The molecule has 0 aromatic rings. The molecule has 0 fully saturated rings. The van der Waals surface area contributed by atoms with E-state index in [0.29, 0.717) is 6.61 Å². The van der Waals surface area contributed by atoms with E-state index in [2.05, 4.69) is 6.92 Å². The van der Waals surface area contributed by atoms with Gasteiger partial charge in [-0.1, -0.05) is 45.4 Å². The van der Waals surface area contributed by atoms with Crippen molar-refractivity contribution in [2.24, 2.45) is 0 Å². The standard InChI is InChI=1S/C15H32O3/c1-4-5-6-7-8-9-10-11-17-13-15(3)18-14(2)12-16/h14-16H,4-13H2,1-3H3. The van der Waals surface area contributed by atoms with Crippen molar-refractivity contribution >= 4 is 0 Å². The predicted octanol–water partition coefficient (Wildman–Crippen LogP) is 3.54. The second-order valence-corrected chi connectivity index (χ2v) is 5.14. The zero-order valence-electron chi connectivity index (χ0n) is 12.5. The molecule has 0 radical (unpaired) electrons. The minimum atomic E-state index is -0.0952. The molecule has 0 bridgehead atoms. The first-order chi connectivity index (χ1) is 8.70. The molecule has 0 spiro atoms. The Balaban J connectivity index is 3.15. The lowest BCUT2D eigenvalue weighted by molar-refractivity contribution is -0.0586. The van der Waals surface area contributed by atoms with Gasteiger partial charge >= 0.3 is 0 Å². The fourth-order valence-electron chi connectivity index (χ4n) is 1.89. The van der Waals surface area contributed by atoms with Gasteiger partial charge in [0, 0.05) is 6.61 Å². The maximum atomic E-state index is 8.85. The third kappa shape index (κ3) is 12.3. The zero-order valence-corrected chi connectivity index (χ0v) is 12.5. The summed E-state index contributed by atoms with van der Waals surface area (Å²) >= 11 is 0. The van der Waals surface area contributed by atoms with Crippen LogP contribution >= 0.6 is 0 Å². The van der Waals surface area contributed by atoms with Crippen LogP contribution in [0.1, 0.15) is 65.7 Å². The molecule has 18 heavy (non-hydrogen) atoms. The van der Waals surface area contributed by atoms with Gasteiger partial charge in [0.1, 0.15) is 0 Å². The van der Waals surface area contributed by atoms with Gasteiger partial charge in [-0.3, -0.25) is 0 Å². The molecule has 2 atom stereocenters. The number of hydrogen-bond acceptors (Lipinski definition) is 3. The van der Waals surface area contributed by atoms with Crippen LogP contribution < -0.4 is 0 Å². The van der Waals surface area contributed by atoms with E-state index in [-0.39, 0.29) is 18.8 Å². The lowest BCUT2D eigenvalue weighted by Gasteiger charge is -2.17. The van der Waals surface area contributed by atoms with Crippen LogP contribution in [-0.2, 0) is 9.47 Å². The van der Waals surface area contributed by atoms with Crippen LogP contribution in [0.2, 0.25) is 0 Å². The first-order valence-electron chi connectivity index (χ1n) is 7.54. The number of rotatable bonds is 13. The Morgan fingerprint density at radius 3 is 2.11 bits per heavy atom. The Bertz CT molecular complexity index is 162. The van der Waals surface area contributed by atoms with E-state index in [1.165, 1.54) is 38.5 Å². The van der Waals surface area contributed by atoms with Gasteiger partial charge in [0.25, 0.3) is 0 Å².